The molecular formula is C26H25N3O3. The molecule has 0 bridgehead atoms. The van der Waals surface area contributed by atoms with E-state index in [4.69, 9.17) is 14.6 Å². The van der Waals surface area contributed by atoms with E-state index < -0.39 is 0 Å². The van der Waals surface area contributed by atoms with Gasteiger partial charge in [0.15, 0.2) is 0 Å². The lowest BCUT2D eigenvalue weighted by Crippen LogP contribution is -2.12. The molecule has 0 unspecified atom stereocenters. The van der Waals surface area contributed by atoms with Gasteiger partial charge in [-0.3, -0.25) is 4.79 Å². The van der Waals surface area contributed by atoms with Crippen molar-refractivity contribution in [2.75, 3.05) is 12.4 Å². The van der Waals surface area contributed by atoms with Crippen molar-refractivity contribution in [3.63, 3.8) is 0 Å². The third kappa shape index (κ3) is 4.98. The van der Waals surface area contributed by atoms with Crippen LogP contribution in [0.25, 0.3) is 5.69 Å². The van der Waals surface area contributed by atoms with Gasteiger partial charge in [0, 0.05) is 17.7 Å². The number of anilines is 1. The lowest BCUT2D eigenvalue weighted by Gasteiger charge is -2.12. The third-order valence-corrected chi connectivity index (χ3v) is 5.07. The fourth-order valence-electron chi connectivity index (χ4n) is 3.41. The van der Waals surface area contributed by atoms with Crippen molar-refractivity contribution in [1.82, 2.24) is 9.78 Å². The first-order valence-electron chi connectivity index (χ1n) is 10.4. The summed E-state index contributed by atoms with van der Waals surface area (Å²) in [6, 6.07) is 26.6. The predicted molar refractivity (Wildman–Crippen MR) is 125 cm³/mol. The summed E-state index contributed by atoms with van der Waals surface area (Å²) in [6.07, 6.45) is 0.817. The fourth-order valence-corrected chi connectivity index (χ4v) is 3.41. The number of ether oxygens (including phenoxy) is 2. The van der Waals surface area contributed by atoms with Crippen LogP contribution in [0.2, 0.25) is 0 Å². The number of para-hydroxylation sites is 2. The summed E-state index contributed by atoms with van der Waals surface area (Å²) in [6.45, 7) is 1.94. The van der Waals surface area contributed by atoms with Crippen molar-refractivity contribution < 1.29 is 14.3 Å². The number of nitrogens with zero attached hydrogens (tertiary/aromatic N) is 2. The Morgan fingerprint density at radius 1 is 0.906 bits per heavy atom. The first-order valence-corrected chi connectivity index (χ1v) is 10.4. The summed E-state index contributed by atoms with van der Waals surface area (Å²) < 4.78 is 13.3. The quantitative estimate of drug-likeness (QED) is 0.400. The van der Waals surface area contributed by atoms with Crippen LogP contribution in [0.5, 0.6) is 17.4 Å². The van der Waals surface area contributed by atoms with Gasteiger partial charge in [-0.15, -0.1) is 0 Å². The average Bonchev–Trinajstić information content (AvgIpc) is 3.14. The molecule has 4 aromatic rings. The van der Waals surface area contributed by atoms with E-state index in [0.717, 1.165) is 28.4 Å². The van der Waals surface area contributed by atoms with E-state index in [1.54, 1.807) is 11.8 Å². The van der Waals surface area contributed by atoms with Gasteiger partial charge in [-0.25, -0.2) is 4.68 Å². The number of amides is 1. The topological polar surface area (TPSA) is 65.4 Å². The van der Waals surface area contributed by atoms with E-state index in [0.29, 0.717) is 24.5 Å². The van der Waals surface area contributed by atoms with Gasteiger partial charge in [-0.1, -0.05) is 36.4 Å². The van der Waals surface area contributed by atoms with Gasteiger partial charge < -0.3 is 14.8 Å². The highest BCUT2D eigenvalue weighted by Gasteiger charge is 2.20. The number of benzene rings is 3. The minimum Gasteiger partial charge on any atom is -0.497 e. The Labute approximate surface area is 187 Å². The molecular weight excluding hydrogens is 402 g/mol. The Hall–Kier alpha value is -4.06. The van der Waals surface area contributed by atoms with Crippen molar-refractivity contribution >= 4 is 11.6 Å². The third-order valence-electron chi connectivity index (χ3n) is 5.07. The van der Waals surface area contributed by atoms with Crippen molar-refractivity contribution in [2.45, 2.75) is 19.8 Å². The van der Waals surface area contributed by atoms with Crippen molar-refractivity contribution in [3.8, 4) is 23.1 Å². The minimum atomic E-state index is -0.0570. The zero-order valence-corrected chi connectivity index (χ0v) is 18.1. The summed E-state index contributed by atoms with van der Waals surface area (Å²) in [4.78, 5) is 12.5. The largest absolute Gasteiger partial charge is 0.497 e. The predicted octanol–water partition coefficient (Wildman–Crippen LogP) is 5.55. The highest BCUT2D eigenvalue weighted by Crippen LogP contribution is 2.32. The Morgan fingerprint density at radius 2 is 1.53 bits per heavy atom. The highest BCUT2D eigenvalue weighted by molar-refractivity contribution is 5.90. The average molecular weight is 428 g/mol. The van der Waals surface area contributed by atoms with Crippen LogP contribution < -0.4 is 14.8 Å². The number of carbonyl (C=O) groups is 1. The molecule has 1 heterocycles. The molecule has 0 radical (unpaired) electrons. The summed E-state index contributed by atoms with van der Waals surface area (Å²) in [7, 11) is 1.63. The monoisotopic (exact) mass is 427 g/mol. The fraction of sp³-hybridized carbons (Fsp3) is 0.154. The second-order valence-electron chi connectivity index (χ2n) is 7.31. The molecule has 32 heavy (non-hydrogen) atoms. The van der Waals surface area contributed by atoms with Crippen LogP contribution in [-0.4, -0.2) is 22.8 Å². The number of rotatable bonds is 8. The summed E-state index contributed by atoms with van der Waals surface area (Å²) in [5.74, 6) is 1.96. The molecule has 0 aliphatic rings. The molecule has 0 fully saturated rings. The molecule has 4 rings (SSSR count). The second kappa shape index (κ2) is 9.83. The maximum atomic E-state index is 12.5. The first-order chi connectivity index (χ1) is 15.6. The van der Waals surface area contributed by atoms with Gasteiger partial charge in [0.2, 0.25) is 11.8 Å². The number of aryl methyl sites for hydroxylation is 1. The van der Waals surface area contributed by atoms with Crippen LogP contribution in [0.4, 0.5) is 5.69 Å². The molecule has 0 atom stereocenters. The molecule has 1 N–H and O–H groups in total. The number of carbonyl (C=O) groups excluding carboxylic acids is 1. The van der Waals surface area contributed by atoms with E-state index in [1.165, 1.54) is 0 Å². The Morgan fingerprint density at radius 3 is 2.19 bits per heavy atom. The number of hydrogen-bond donors (Lipinski definition) is 1. The number of nitrogens with one attached hydrogen (secondary N) is 1. The van der Waals surface area contributed by atoms with Gasteiger partial charge in [-0.2, -0.15) is 5.10 Å². The lowest BCUT2D eigenvalue weighted by atomic mass is 10.1. The molecule has 6 heteroatoms. The Balaban J connectivity index is 1.60. The maximum Gasteiger partial charge on any atom is 0.226 e. The van der Waals surface area contributed by atoms with Crippen LogP contribution in [-0.2, 0) is 11.2 Å². The van der Waals surface area contributed by atoms with Crippen molar-refractivity contribution in [2.24, 2.45) is 0 Å². The smallest absolute Gasteiger partial charge is 0.226 e. The molecule has 0 saturated heterocycles. The maximum absolute atomic E-state index is 12.5. The second-order valence-corrected chi connectivity index (χ2v) is 7.31. The van der Waals surface area contributed by atoms with Crippen LogP contribution >= 0.6 is 0 Å². The van der Waals surface area contributed by atoms with Crippen molar-refractivity contribution in [3.05, 3.63) is 96.2 Å². The number of hydrogen-bond acceptors (Lipinski definition) is 4. The van der Waals surface area contributed by atoms with E-state index >= 15 is 0 Å². The number of methoxy groups -OCH3 is 1. The molecule has 162 valence electrons. The van der Waals surface area contributed by atoms with Crippen LogP contribution in [0.15, 0.2) is 84.9 Å². The lowest BCUT2D eigenvalue weighted by molar-refractivity contribution is -0.116. The molecule has 0 saturated carbocycles. The molecule has 3 aromatic carbocycles. The molecule has 0 aliphatic carbocycles. The molecule has 1 amide bonds. The Bertz CT molecular complexity index is 1170. The van der Waals surface area contributed by atoms with Crippen molar-refractivity contribution in [1.29, 1.82) is 0 Å². The van der Waals surface area contributed by atoms with Gasteiger partial charge in [0.05, 0.1) is 18.5 Å². The molecule has 6 nitrogen and oxygen atoms in total. The van der Waals surface area contributed by atoms with Gasteiger partial charge in [0.25, 0.3) is 0 Å². The Kier molecular flexibility index (Phi) is 6.51. The van der Waals surface area contributed by atoms with E-state index in [9.17, 15) is 4.79 Å². The van der Waals surface area contributed by atoms with Crippen LogP contribution in [0.1, 0.15) is 17.7 Å². The molecule has 0 aliphatic heterocycles. The SMILES string of the molecule is COc1ccc(Oc2c(CCC(=O)Nc3ccccc3)c(C)nn2-c2ccccc2)cc1. The first kappa shape index (κ1) is 21.2. The molecule has 1 aromatic heterocycles. The summed E-state index contributed by atoms with van der Waals surface area (Å²) >= 11 is 0. The van der Waals surface area contributed by atoms with E-state index in [2.05, 4.69) is 5.32 Å². The van der Waals surface area contributed by atoms with Gasteiger partial charge in [-0.05, 0) is 61.9 Å². The summed E-state index contributed by atoms with van der Waals surface area (Å²) in [5, 5.41) is 7.64. The summed E-state index contributed by atoms with van der Waals surface area (Å²) in [5.41, 5.74) is 3.39. The highest BCUT2D eigenvalue weighted by atomic mass is 16.5. The van der Waals surface area contributed by atoms with Gasteiger partial charge >= 0.3 is 0 Å². The van der Waals surface area contributed by atoms with Crippen LogP contribution in [0, 0.1) is 6.92 Å². The van der Waals surface area contributed by atoms with Crippen LogP contribution in [0.3, 0.4) is 0 Å². The minimum absolute atomic E-state index is 0.0570. The normalized spacial score (nSPS) is 10.6. The zero-order valence-electron chi connectivity index (χ0n) is 18.1. The van der Waals surface area contributed by atoms with E-state index in [1.807, 2.05) is 91.9 Å². The van der Waals surface area contributed by atoms with Gasteiger partial charge in [0.1, 0.15) is 11.5 Å². The zero-order chi connectivity index (χ0) is 22.3. The standard InChI is InChI=1S/C26H25N3O3/c1-19-24(17-18-25(30)27-20-9-5-3-6-10-20)26(29(28-19)21-11-7-4-8-12-21)32-23-15-13-22(31-2)14-16-23/h3-16H,17-18H2,1-2H3,(H,27,30). The molecule has 0 spiro atoms. The number of aromatic nitrogens is 2. The van der Waals surface area contributed by atoms with E-state index in [-0.39, 0.29) is 5.91 Å².